The summed E-state index contributed by atoms with van der Waals surface area (Å²) < 4.78 is 1.77. The van der Waals surface area contributed by atoms with Gasteiger partial charge in [0.2, 0.25) is 0 Å². The fraction of sp³-hybridized carbons (Fsp3) is 0.706. The van der Waals surface area contributed by atoms with Crippen LogP contribution >= 0.6 is 0 Å². The quantitative estimate of drug-likeness (QED) is 0.777. The van der Waals surface area contributed by atoms with Crippen molar-refractivity contribution in [2.75, 3.05) is 13.1 Å². The van der Waals surface area contributed by atoms with Gasteiger partial charge in [0.25, 0.3) is 5.56 Å². The van der Waals surface area contributed by atoms with E-state index in [0.717, 1.165) is 25.6 Å². The predicted octanol–water partition coefficient (Wildman–Crippen LogP) is 3.04. The Morgan fingerprint density at radius 3 is 2.70 bits per heavy atom. The molecule has 0 radical (unpaired) electrons. The Labute approximate surface area is 122 Å². The zero-order chi connectivity index (χ0) is 14.4. The highest BCUT2D eigenvalue weighted by molar-refractivity contribution is 4.93. The lowest BCUT2D eigenvalue weighted by Crippen LogP contribution is -2.36. The Kier molecular flexibility index (Phi) is 5.41. The topological polar surface area (TPSA) is 34.0 Å². The van der Waals surface area contributed by atoms with Crippen molar-refractivity contribution in [3.05, 3.63) is 34.7 Å². The smallest absolute Gasteiger partial charge is 0.250 e. The minimum absolute atomic E-state index is 0.0899. The van der Waals surface area contributed by atoms with E-state index in [9.17, 15) is 4.79 Å². The maximum atomic E-state index is 11.6. The summed E-state index contributed by atoms with van der Waals surface area (Å²) in [4.78, 5) is 11.6. The highest BCUT2D eigenvalue weighted by atomic mass is 16.1. The summed E-state index contributed by atoms with van der Waals surface area (Å²) in [7, 11) is 0. The van der Waals surface area contributed by atoms with E-state index in [-0.39, 0.29) is 5.56 Å². The molecule has 0 saturated heterocycles. The first kappa shape index (κ1) is 15.3. The zero-order valence-corrected chi connectivity index (χ0v) is 12.9. The summed E-state index contributed by atoms with van der Waals surface area (Å²) in [6.07, 6.45) is 8.68. The molecule has 0 aliphatic heterocycles. The summed E-state index contributed by atoms with van der Waals surface area (Å²) in [6.45, 7) is 7.39. The first-order valence-electron chi connectivity index (χ1n) is 7.98. The van der Waals surface area contributed by atoms with E-state index in [1.807, 2.05) is 12.3 Å². The van der Waals surface area contributed by atoms with Crippen LogP contribution in [0.2, 0.25) is 0 Å². The van der Waals surface area contributed by atoms with E-state index in [0.29, 0.717) is 5.41 Å². The van der Waals surface area contributed by atoms with Crippen LogP contribution in [-0.2, 0) is 6.54 Å². The van der Waals surface area contributed by atoms with Crippen LogP contribution in [0, 0.1) is 11.3 Å². The fourth-order valence-electron chi connectivity index (χ4n) is 3.64. The molecule has 3 heteroatoms. The van der Waals surface area contributed by atoms with Crippen molar-refractivity contribution in [3.8, 4) is 0 Å². The Balaban J connectivity index is 1.79. The Hall–Kier alpha value is -1.09. The molecule has 1 heterocycles. The van der Waals surface area contributed by atoms with Gasteiger partial charge in [-0.3, -0.25) is 4.79 Å². The van der Waals surface area contributed by atoms with Crippen LogP contribution in [0.4, 0.5) is 0 Å². The predicted molar refractivity (Wildman–Crippen MR) is 83.9 cm³/mol. The molecule has 20 heavy (non-hydrogen) atoms. The first-order chi connectivity index (χ1) is 9.61. The molecule has 0 unspecified atom stereocenters. The van der Waals surface area contributed by atoms with Gasteiger partial charge < -0.3 is 9.88 Å². The van der Waals surface area contributed by atoms with Crippen molar-refractivity contribution < 1.29 is 0 Å². The van der Waals surface area contributed by atoms with Crippen molar-refractivity contribution in [2.45, 2.75) is 52.5 Å². The molecule has 1 aliphatic rings. The van der Waals surface area contributed by atoms with Crippen LogP contribution in [0.3, 0.4) is 0 Å². The van der Waals surface area contributed by atoms with Gasteiger partial charge in [0, 0.05) is 31.9 Å². The highest BCUT2D eigenvalue weighted by Gasteiger charge is 2.33. The Morgan fingerprint density at radius 1 is 1.30 bits per heavy atom. The van der Waals surface area contributed by atoms with E-state index in [1.165, 1.54) is 32.1 Å². The van der Waals surface area contributed by atoms with Gasteiger partial charge >= 0.3 is 0 Å². The highest BCUT2D eigenvalue weighted by Crippen LogP contribution is 2.42. The molecule has 112 valence electrons. The van der Waals surface area contributed by atoms with E-state index < -0.39 is 0 Å². The summed E-state index contributed by atoms with van der Waals surface area (Å²) in [5.41, 5.74) is 0.600. The Morgan fingerprint density at radius 2 is 2.05 bits per heavy atom. The second-order valence-electron chi connectivity index (χ2n) is 6.71. The number of rotatable bonds is 7. The van der Waals surface area contributed by atoms with Crippen molar-refractivity contribution in [1.82, 2.24) is 9.88 Å². The lowest BCUT2D eigenvalue weighted by Gasteiger charge is -2.31. The molecule has 0 aromatic carbocycles. The summed E-state index contributed by atoms with van der Waals surface area (Å²) in [5, 5.41) is 3.59. The van der Waals surface area contributed by atoms with E-state index in [4.69, 9.17) is 0 Å². The largest absolute Gasteiger partial charge is 0.314 e. The van der Waals surface area contributed by atoms with Crippen LogP contribution in [-0.4, -0.2) is 17.7 Å². The van der Waals surface area contributed by atoms with Gasteiger partial charge in [-0.1, -0.05) is 32.8 Å². The lowest BCUT2D eigenvalue weighted by molar-refractivity contribution is 0.223. The molecule has 0 atom stereocenters. The molecule has 1 N–H and O–H groups in total. The van der Waals surface area contributed by atoms with Gasteiger partial charge in [0.1, 0.15) is 0 Å². The number of nitrogens with zero attached hydrogens (tertiary/aromatic N) is 1. The molecule has 1 aromatic rings. The molecule has 2 rings (SSSR count). The third-order valence-corrected chi connectivity index (χ3v) is 4.43. The van der Waals surface area contributed by atoms with Crippen molar-refractivity contribution in [3.63, 3.8) is 0 Å². The second kappa shape index (κ2) is 7.07. The molecule has 3 nitrogen and oxygen atoms in total. The van der Waals surface area contributed by atoms with E-state index in [2.05, 4.69) is 19.2 Å². The van der Waals surface area contributed by atoms with Gasteiger partial charge in [-0.05, 0) is 36.7 Å². The average molecular weight is 276 g/mol. The minimum Gasteiger partial charge on any atom is -0.314 e. The summed E-state index contributed by atoms with van der Waals surface area (Å²) in [6, 6.07) is 5.33. The molecular formula is C17H28N2O. The van der Waals surface area contributed by atoms with Gasteiger partial charge in [-0.2, -0.15) is 0 Å². The van der Waals surface area contributed by atoms with Gasteiger partial charge in [0.05, 0.1) is 0 Å². The second-order valence-corrected chi connectivity index (χ2v) is 6.71. The third kappa shape index (κ3) is 4.20. The Bertz CT molecular complexity index is 458. The molecular weight excluding hydrogens is 248 g/mol. The standard InChI is InChI=1S/C17H28N2O/c1-15(2)13-17(8-4-5-9-17)14-18-10-12-19-11-6-3-7-16(19)20/h3,6-7,11,15,18H,4-5,8-10,12-14H2,1-2H3. The van der Waals surface area contributed by atoms with E-state index in [1.54, 1.807) is 16.7 Å². The summed E-state index contributed by atoms with van der Waals surface area (Å²) >= 11 is 0. The molecule has 0 amide bonds. The number of hydrogen-bond donors (Lipinski definition) is 1. The monoisotopic (exact) mass is 276 g/mol. The van der Waals surface area contributed by atoms with Crippen LogP contribution in [0.5, 0.6) is 0 Å². The lowest BCUT2D eigenvalue weighted by atomic mass is 9.78. The number of aromatic nitrogens is 1. The molecule has 1 saturated carbocycles. The SMILES string of the molecule is CC(C)CC1(CNCCn2ccccc2=O)CCCC1. The zero-order valence-electron chi connectivity index (χ0n) is 12.9. The van der Waals surface area contributed by atoms with Crippen LogP contribution < -0.4 is 10.9 Å². The number of nitrogens with one attached hydrogen (secondary N) is 1. The first-order valence-corrected chi connectivity index (χ1v) is 7.98. The molecule has 1 aromatic heterocycles. The average Bonchev–Trinajstić information content (AvgIpc) is 2.84. The molecule has 0 bridgehead atoms. The van der Waals surface area contributed by atoms with Gasteiger partial charge in [-0.25, -0.2) is 0 Å². The normalized spacial score (nSPS) is 17.8. The molecule has 0 spiro atoms. The molecule has 1 fully saturated rings. The number of pyridine rings is 1. The van der Waals surface area contributed by atoms with Crippen molar-refractivity contribution >= 4 is 0 Å². The van der Waals surface area contributed by atoms with Crippen molar-refractivity contribution in [1.29, 1.82) is 0 Å². The number of hydrogen-bond acceptors (Lipinski definition) is 2. The summed E-state index contributed by atoms with van der Waals surface area (Å²) in [5.74, 6) is 0.770. The van der Waals surface area contributed by atoms with Crippen molar-refractivity contribution in [2.24, 2.45) is 11.3 Å². The fourth-order valence-corrected chi connectivity index (χ4v) is 3.64. The van der Waals surface area contributed by atoms with Crippen LogP contribution in [0.15, 0.2) is 29.2 Å². The maximum absolute atomic E-state index is 11.6. The minimum atomic E-state index is 0.0899. The van der Waals surface area contributed by atoms with Crippen LogP contribution in [0.25, 0.3) is 0 Å². The van der Waals surface area contributed by atoms with Gasteiger partial charge in [0.15, 0.2) is 0 Å². The van der Waals surface area contributed by atoms with Crippen LogP contribution in [0.1, 0.15) is 46.0 Å². The molecule has 1 aliphatic carbocycles. The van der Waals surface area contributed by atoms with Gasteiger partial charge in [-0.15, -0.1) is 0 Å². The maximum Gasteiger partial charge on any atom is 0.250 e. The van der Waals surface area contributed by atoms with E-state index >= 15 is 0 Å². The third-order valence-electron chi connectivity index (χ3n) is 4.43.